The zero-order chi connectivity index (χ0) is 20.4. The van der Waals surface area contributed by atoms with Crippen molar-refractivity contribution in [2.45, 2.75) is 57.8 Å². The van der Waals surface area contributed by atoms with E-state index in [0.29, 0.717) is 43.1 Å². The third kappa shape index (κ3) is 2.98. The highest BCUT2D eigenvalue weighted by Gasteiger charge is 2.57. The molecule has 1 saturated carbocycles. The number of alkyl halides is 2. The first-order valence-electron chi connectivity index (χ1n) is 10.1. The SMILES string of the molecule is Cc1c(C(=O)N2CCC3(CC2)CC(F)(F)C3)cnn1-c1nc2c(c(=O)[nH]1)CCC2. The lowest BCUT2D eigenvalue weighted by Crippen LogP contribution is -2.53. The minimum absolute atomic E-state index is 0.0592. The fourth-order valence-corrected chi connectivity index (χ4v) is 5.12. The molecule has 0 unspecified atom stereocenters. The first-order valence-corrected chi connectivity index (χ1v) is 10.1. The highest BCUT2D eigenvalue weighted by atomic mass is 19.3. The molecule has 2 aromatic heterocycles. The molecule has 2 fully saturated rings. The van der Waals surface area contributed by atoms with Crippen LogP contribution in [0.3, 0.4) is 0 Å². The standard InChI is InChI=1S/C20H23F2N5O2/c1-12-14(17(29)26-7-5-19(6-8-26)10-20(21,22)11-19)9-23-27(12)18-24-15-4-2-3-13(15)16(28)25-18/h9H,2-8,10-11H2,1H3,(H,24,25,28). The number of rotatable bonds is 2. The topological polar surface area (TPSA) is 83.9 Å². The van der Waals surface area contributed by atoms with Crippen molar-refractivity contribution in [2.75, 3.05) is 13.1 Å². The summed E-state index contributed by atoms with van der Waals surface area (Å²) in [5, 5.41) is 4.28. The number of aryl methyl sites for hydroxylation is 1. The molecule has 2 aliphatic carbocycles. The summed E-state index contributed by atoms with van der Waals surface area (Å²) in [7, 11) is 0. The first kappa shape index (κ1) is 18.4. The van der Waals surface area contributed by atoms with E-state index in [9.17, 15) is 18.4 Å². The molecule has 1 saturated heterocycles. The Hall–Kier alpha value is -2.58. The highest BCUT2D eigenvalue weighted by Crippen LogP contribution is 2.57. The van der Waals surface area contributed by atoms with Crippen molar-refractivity contribution in [1.29, 1.82) is 0 Å². The number of likely N-dealkylation sites (tertiary alicyclic amines) is 1. The molecule has 3 heterocycles. The summed E-state index contributed by atoms with van der Waals surface area (Å²) in [6, 6.07) is 0. The van der Waals surface area contributed by atoms with Gasteiger partial charge in [-0.3, -0.25) is 14.6 Å². The summed E-state index contributed by atoms with van der Waals surface area (Å²) in [5.41, 5.74) is 2.13. The Morgan fingerprint density at radius 3 is 2.62 bits per heavy atom. The molecule has 2 aromatic rings. The van der Waals surface area contributed by atoms with Crippen LogP contribution in [0.2, 0.25) is 0 Å². The molecule has 0 radical (unpaired) electrons. The smallest absolute Gasteiger partial charge is 0.257 e. The van der Waals surface area contributed by atoms with Gasteiger partial charge in [-0.15, -0.1) is 0 Å². The van der Waals surface area contributed by atoms with Crippen molar-refractivity contribution in [2.24, 2.45) is 5.41 Å². The van der Waals surface area contributed by atoms with Crippen LogP contribution in [0.25, 0.3) is 5.95 Å². The number of hydrogen-bond donors (Lipinski definition) is 1. The fraction of sp³-hybridized carbons (Fsp3) is 0.600. The molecule has 0 atom stereocenters. The van der Waals surface area contributed by atoms with Crippen LogP contribution in [0.15, 0.2) is 11.0 Å². The molecule has 0 bridgehead atoms. The Balaban J connectivity index is 1.35. The first-order chi connectivity index (χ1) is 13.8. The molecule has 154 valence electrons. The number of aromatic amines is 1. The van der Waals surface area contributed by atoms with Gasteiger partial charge in [-0.05, 0) is 44.4 Å². The number of amides is 1. The lowest BCUT2D eigenvalue weighted by Gasteiger charge is -2.51. The third-order valence-electron chi connectivity index (χ3n) is 6.75. The maximum absolute atomic E-state index is 13.3. The van der Waals surface area contributed by atoms with E-state index in [1.54, 1.807) is 11.8 Å². The van der Waals surface area contributed by atoms with Gasteiger partial charge in [-0.2, -0.15) is 5.10 Å². The number of carbonyl (C=O) groups is 1. The van der Waals surface area contributed by atoms with Gasteiger partial charge in [0.05, 0.1) is 23.1 Å². The Morgan fingerprint density at radius 1 is 1.21 bits per heavy atom. The number of nitrogens with one attached hydrogen (secondary N) is 1. The third-order valence-corrected chi connectivity index (χ3v) is 6.75. The van der Waals surface area contributed by atoms with Crippen LogP contribution < -0.4 is 5.56 Å². The van der Waals surface area contributed by atoms with Gasteiger partial charge in [-0.25, -0.2) is 18.4 Å². The summed E-state index contributed by atoms with van der Waals surface area (Å²) in [5.74, 6) is -2.37. The quantitative estimate of drug-likeness (QED) is 0.835. The van der Waals surface area contributed by atoms with E-state index in [1.165, 1.54) is 10.9 Å². The summed E-state index contributed by atoms with van der Waals surface area (Å²) in [6.45, 7) is 2.73. The van der Waals surface area contributed by atoms with Gasteiger partial charge in [0.2, 0.25) is 11.9 Å². The van der Waals surface area contributed by atoms with E-state index >= 15 is 0 Å². The van der Waals surface area contributed by atoms with Crippen molar-refractivity contribution >= 4 is 5.91 Å². The number of aromatic nitrogens is 4. The number of hydrogen-bond acceptors (Lipinski definition) is 4. The monoisotopic (exact) mass is 403 g/mol. The number of piperidine rings is 1. The van der Waals surface area contributed by atoms with Crippen LogP contribution in [0.1, 0.15) is 59.4 Å². The minimum Gasteiger partial charge on any atom is -0.339 e. The maximum atomic E-state index is 13.3. The van der Waals surface area contributed by atoms with Crippen LogP contribution in [-0.4, -0.2) is 49.6 Å². The van der Waals surface area contributed by atoms with Crippen LogP contribution in [0.4, 0.5) is 8.78 Å². The molecule has 5 rings (SSSR count). The molecule has 3 aliphatic rings. The normalized spacial score (nSPS) is 21.8. The van der Waals surface area contributed by atoms with Gasteiger partial charge >= 0.3 is 0 Å². The summed E-state index contributed by atoms with van der Waals surface area (Å²) in [6.07, 6.45) is 5.02. The lowest BCUT2D eigenvalue weighted by atomic mass is 9.61. The zero-order valence-corrected chi connectivity index (χ0v) is 16.3. The molecule has 29 heavy (non-hydrogen) atoms. The van der Waals surface area contributed by atoms with E-state index in [0.717, 1.165) is 30.5 Å². The second kappa shape index (κ2) is 6.21. The molecular weight excluding hydrogens is 380 g/mol. The van der Waals surface area contributed by atoms with Gasteiger partial charge < -0.3 is 4.90 Å². The molecule has 0 aromatic carbocycles. The second-order valence-corrected chi connectivity index (χ2v) is 8.73. The number of halogens is 2. The minimum atomic E-state index is -2.54. The van der Waals surface area contributed by atoms with E-state index in [4.69, 9.17) is 0 Å². The molecular formula is C20H23F2N5O2. The van der Waals surface area contributed by atoms with Gasteiger partial charge in [0, 0.05) is 31.5 Å². The fourth-order valence-electron chi connectivity index (χ4n) is 5.12. The molecule has 1 N–H and O–H groups in total. The maximum Gasteiger partial charge on any atom is 0.257 e. The largest absolute Gasteiger partial charge is 0.339 e. The van der Waals surface area contributed by atoms with Crippen molar-refractivity contribution < 1.29 is 13.6 Å². The van der Waals surface area contributed by atoms with E-state index in [2.05, 4.69) is 15.1 Å². The van der Waals surface area contributed by atoms with Crippen LogP contribution in [0, 0.1) is 12.3 Å². The second-order valence-electron chi connectivity index (χ2n) is 8.73. The zero-order valence-electron chi connectivity index (χ0n) is 16.3. The number of nitrogens with zero attached hydrogens (tertiary/aromatic N) is 4. The lowest BCUT2D eigenvalue weighted by molar-refractivity contribution is -0.175. The van der Waals surface area contributed by atoms with Crippen molar-refractivity contribution in [3.63, 3.8) is 0 Å². The predicted octanol–water partition coefficient (Wildman–Crippen LogP) is 2.40. The molecule has 1 aliphatic heterocycles. The summed E-state index contributed by atoms with van der Waals surface area (Å²) in [4.78, 5) is 34.3. The Labute approximate surface area is 166 Å². The van der Waals surface area contributed by atoms with Gasteiger partial charge in [0.15, 0.2) is 0 Å². The highest BCUT2D eigenvalue weighted by molar-refractivity contribution is 5.95. The Bertz CT molecular complexity index is 1040. The molecule has 1 amide bonds. The average molecular weight is 403 g/mol. The number of carbonyl (C=O) groups excluding carboxylic acids is 1. The molecule has 1 spiro atoms. The molecule has 9 heteroatoms. The average Bonchev–Trinajstić information content (AvgIpc) is 3.27. The number of H-pyrrole nitrogens is 1. The van der Waals surface area contributed by atoms with E-state index < -0.39 is 5.92 Å². The van der Waals surface area contributed by atoms with E-state index in [-0.39, 0.29) is 29.7 Å². The van der Waals surface area contributed by atoms with Gasteiger partial charge in [-0.1, -0.05) is 0 Å². The van der Waals surface area contributed by atoms with Crippen LogP contribution in [0.5, 0.6) is 0 Å². The van der Waals surface area contributed by atoms with Crippen molar-refractivity contribution in [1.82, 2.24) is 24.6 Å². The van der Waals surface area contributed by atoms with Gasteiger partial charge in [0.25, 0.3) is 11.5 Å². The Kier molecular flexibility index (Phi) is 3.95. The summed E-state index contributed by atoms with van der Waals surface area (Å²) >= 11 is 0. The van der Waals surface area contributed by atoms with Crippen molar-refractivity contribution in [3.8, 4) is 5.95 Å². The van der Waals surface area contributed by atoms with Crippen molar-refractivity contribution in [3.05, 3.63) is 39.1 Å². The number of fused-ring (bicyclic) bond motifs is 1. The van der Waals surface area contributed by atoms with E-state index in [1.807, 2.05) is 0 Å². The molecule has 7 nitrogen and oxygen atoms in total. The Morgan fingerprint density at radius 2 is 1.93 bits per heavy atom. The predicted molar refractivity (Wildman–Crippen MR) is 100 cm³/mol. The summed E-state index contributed by atoms with van der Waals surface area (Å²) < 4.78 is 28.1. The van der Waals surface area contributed by atoms with Crippen LogP contribution >= 0.6 is 0 Å². The van der Waals surface area contributed by atoms with Gasteiger partial charge in [0.1, 0.15) is 0 Å². The van der Waals surface area contributed by atoms with Crippen LogP contribution in [-0.2, 0) is 12.8 Å².